The van der Waals surface area contributed by atoms with Gasteiger partial charge in [-0.2, -0.15) is 0 Å². The number of hydrogen-bond acceptors (Lipinski definition) is 6. The molecule has 1 fully saturated rings. The van der Waals surface area contributed by atoms with Crippen LogP contribution in [-0.4, -0.2) is 66.1 Å². The number of ether oxygens (including phenoxy) is 1. The number of amides is 2. The van der Waals surface area contributed by atoms with Gasteiger partial charge in [-0.1, -0.05) is 36.4 Å². The highest BCUT2D eigenvalue weighted by Crippen LogP contribution is 2.23. The first-order valence-electron chi connectivity index (χ1n) is 9.98. The summed E-state index contributed by atoms with van der Waals surface area (Å²) in [5.74, 6) is -0.501. The molecule has 1 aliphatic rings. The van der Waals surface area contributed by atoms with Crippen molar-refractivity contribution in [3.05, 3.63) is 64.9 Å². The predicted octanol–water partition coefficient (Wildman–Crippen LogP) is 3.52. The predicted molar refractivity (Wildman–Crippen MR) is 122 cm³/mol. The van der Waals surface area contributed by atoms with Crippen LogP contribution in [0.3, 0.4) is 0 Å². The highest BCUT2D eigenvalue weighted by Gasteiger charge is 2.25. The molecule has 2 aromatic carbocycles. The van der Waals surface area contributed by atoms with E-state index in [1.165, 1.54) is 23.1 Å². The van der Waals surface area contributed by atoms with Crippen LogP contribution in [0.2, 0.25) is 0 Å². The molecule has 0 N–H and O–H groups in total. The second-order valence-corrected chi connectivity index (χ2v) is 9.11. The molecule has 0 bridgehead atoms. The average Bonchev–Trinajstić information content (AvgIpc) is 3.35. The van der Waals surface area contributed by atoms with Gasteiger partial charge in [0.25, 0.3) is 11.8 Å². The molecule has 1 aliphatic heterocycles. The van der Waals surface area contributed by atoms with E-state index < -0.39 is 5.97 Å². The smallest absolute Gasteiger partial charge is 0.316 e. The second kappa shape index (κ2) is 9.98. The molecule has 0 unspecified atom stereocenters. The third-order valence-electron chi connectivity index (χ3n) is 5.09. The number of carbonyl (C=O) groups excluding carboxylic acids is 3. The molecular formula is C23H22N2O4S2. The molecule has 3 aromatic rings. The summed E-state index contributed by atoms with van der Waals surface area (Å²) in [6.07, 6.45) is 0. The Morgan fingerprint density at radius 1 is 0.903 bits per heavy atom. The topological polar surface area (TPSA) is 66.9 Å². The number of hydrogen-bond donors (Lipinski definition) is 0. The summed E-state index contributed by atoms with van der Waals surface area (Å²) in [7, 11) is 0. The maximum atomic E-state index is 12.4. The summed E-state index contributed by atoms with van der Waals surface area (Å²) in [5.41, 5.74) is 0. The Morgan fingerprint density at radius 3 is 2.39 bits per heavy atom. The lowest BCUT2D eigenvalue weighted by Crippen LogP contribution is -2.51. The summed E-state index contributed by atoms with van der Waals surface area (Å²) in [6, 6.07) is 17.7. The van der Waals surface area contributed by atoms with E-state index in [4.69, 9.17) is 4.74 Å². The van der Waals surface area contributed by atoms with Gasteiger partial charge in [0.15, 0.2) is 6.61 Å². The third kappa shape index (κ3) is 5.45. The lowest BCUT2D eigenvalue weighted by Gasteiger charge is -2.34. The summed E-state index contributed by atoms with van der Waals surface area (Å²) >= 11 is 2.81. The van der Waals surface area contributed by atoms with Crippen molar-refractivity contribution >= 4 is 51.7 Å². The van der Waals surface area contributed by atoms with Crippen LogP contribution in [0.1, 0.15) is 9.67 Å². The van der Waals surface area contributed by atoms with Crippen LogP contribution in [0.4, 0.5) is 0 Å². The molecular weight excluding hydrogens is 432 g/mol. The molecule has 8 heteroatoms. The zero-order chi connectivity index (χ0) is 21.6. The molecule has 4 rings (SSSR count). The van der Waals surface area contributed by atoms with Crippen LogP contribution in [0.25, 0.3) is 10.8 Å². The maximum absolute atomic E-state index is 12.4. The zero-order valence-electron chi connectivity index (χ0n) is 16.9. The fourth-order valence-electron chi connectivity index (χ4n) is 3.39. The minimum Gasteiger partial charge on any atom is -0.455 e. The van der Waals surface area contributed by atoms with Gasteiger partial charge in [0.2, 0.25) is 0 Å². The van der Waals surface area contributed by atoms with E-state index in [2.05, 4.69) is 0 Å². The summed E-state index contributed by atoms with van der Waals surface area (Å²) < 4.78 is 5.17. The minimum atomic E-state index is -0.419. The number of thiophene rings is 1. The molecule has 1 saturated heterocycles. The van der Waals surface area contributed by atoms with E-state index in [1.54, 1.807) is 15.9 Å². The average molecular weight is 455 g/mol. The maximum Gasteiger partial charge on any atom is 0.316 e. The number of fused-ring (bicyclic) bond motifs is 1. The Hall–Kier alpha value is -2.84. The molecule has 160 valence electrons. The lowest BCUT2D eigenvalue weighted by molar-refractivity contribution is -0.150. The SMILES string of the molecule is O=C(CSc1ccc2ccccc2c1)OCC(=O)N1CCN(C(=O)c2cccs2)CC1. The van der Waals surface area contributed by atoms with Crippen LogP contribution >= 0.6 is 23.1 Å². The van der Waals surface area contributed by atoms with Crippen LogP contribution in [0.5, 0.6) is 0 Å². The molecule has 0 spiro atoms. The van der Waals surface area contributed by atoms with Gasteiger partial charge in [0, 0.05) is 31.1 Å². The standard InChI is InChI=1S/C23H22N2O4S2/c26-21(24-9-11-25(12-10-24)23(28)20-6-3-13-30-20)15-29-22(27)16-31-19-8-7-17-4-1-2-5-18(17)14-19/h1-8,13-14H,9-12,15-16H2. The van der Waals surface area contributed by atoms with Crippen LogP contribution in [0.15, 0.2) is 64.9 Å². The van der Waals surface area contributed by atoms with E-state index in [0.29, 0.717) is 31.1 Å². The van der Waals surface area contributed by atoms with Crippen molar-refractivity contribution in [1.82, 2.24) is 9.80 Å². The molecule has 1 aromatic heterocycles. The quantitative estimate of drug-likeness (QED) is 0.421. The van der Waals surface area contributed by atoms with Crippen molar-refractivity contribution < 1.29 is 19.1 Å². The normalized spacial score (nSPS) is 13.9. The molecule has 0 atom stereocenters. The van der Waals surface area contributed by atoms with E-state index in [9.17, 15) is 14.4 Å². The van der Waals surface area contributed by atoms with Gasteiger partial charge in [-0.05, 0) is 34.4 Å². The van der Waals surface area contributed by atoms with E-state index in [-0.39, 0.29) is 24.2 Å². The zero-order valence-corrected chi connectivity index (χ0v) is 18.5. The fraction of sp³-hybridized carbons (Fsp3) is 0.261. The van der Waals surface area contributed by atoms with Crippen molar-refractivity contribution in [2.24, 2.45) is 0 Å². The molecule has 0 saturated carbocycles. The monoisotopic (exact) mass is 454 g/mol. The Labute approximate surface area is 188 Å². The highest BCUT2D eigenvalue weighted by atomic mass is 32.2. The highest BCUT2D eigenvalue weighted by molar-refractivity contribution is 8.00. The number of thioether (sulfide) groups is 1. The molecule has 2 heterocycles. The number of piperazine rings is 1. The molecule has 2 amide bonds. The first kappa shape index (κ1) is 21.4. The van der Waals surface area contributed by atoms with Crippen molar-refractivity contribution in [1.29, 1.82) is 0 Å². The number of nitrogens with zero attached hydrogens (tertiary/aromatic N) is 2. The first-order valence-corrected chi connectivity index (χ1v) is 11.8. The van der Waals surface area contributed by atoms with Crippen LogP contribution in [0, 0.1) is 0 Å². The van der Waals surface area contributed by atoms with Crippen LogP contribution < -0.4 is 0 Å². The number of rotatable bonds is 6. The van der Waals surface area contributed by atoms with Crippen molar-refractivity contribution in [3.63, 3.8) is 0 Å². The van der Waals surface area contributed by atoms with Gasteiger partial charge >= 0.3 is 5.97 Å². The lowest BCUT2D eigenvalue weighted by atomic mass is 10.1. The van der Waals surface area contributed by atoms with Crippen molar-refractivity contribution in [2.75, 3.05) is 38.5 Å². The van der Waals surface area contributed by atoms with Crippen molar-refractivity contribution in [2.45, 2.75) is 4.90 Å². The van der Waals surface area contributed by atoms with Crippen LogP contribution in [-0.2, 0) is 14.3 Å². The fourth-order valence-corrected chi connectivity index (χ4v) is 4.82. The van der Waals surface area contributed by atoms with E-state index in [0.717, 1.165) is 15.7 Å². The molecule has 31 heavy (non-hydrogen) atoms. The summed E-state index contributed by atoms with van der Waals surface area (Å²) in [4.78, 5) is 41.9. The number of carbonyl (C=O) groups is 3. The van der Waals surface area contributed by atoms with Gasteiger partial charge in [-0.25, -0.2) is 0 Å². The van der Waals surface area contributed by atoms with Crippen molar-refractivity contribution in [3.8, 4) is 0 Å². The van der Waals surface area contributed by atoms with Gasteiger partial charge in [0.05, 0.1) is 10.6 Å². The largest absolute Gasteiger partial charge is 0.455 e. The Bertz CT molecular complexity index is 1080. The summed E-state index contributed by atoms with van der Waals surface area (Å²) in [6.45, 7) is 1.58. The third-order valence-corrected chi connectivity index (χ3v) is 6.91. The van der Waals surface area contributed by atoms with E-state index >= 15 is 0 Å². The number of benzene rings is 2. The summed E-state index contributed by atoms with van der Waals surface area (Å²) in [5, 5.41) is 4.14. The van der Waals surface area contributed by atoms with Gasteiger partial charge in [-0.15, -0.1) is 23.1 Å². The Kier molecular flexibility index (Phi) is 6.89. The first-order chi connectivity index (χ1) is 15.1. The minimum absolute atomic E-state index is 0.000702. The van der Waals surface area contributed by atoms with Gasteiger partial charge in [0.1, 0.15) is 0 Å². The molecule has 6 nitrogen and oxygen atoms in total. The number of esters is 1. The Balaban J connectivity index is 1.19. The second-order valence-electron chi connectivity index (χ2n) is 7.11. The van der Waals surface area contributed by atoms with Gasteiger partial charge in [-0.3, -0.25) is 14.4 Å². The Morgan fingerprint density at radius 2 is 1.65 bits per heavy atom. The van der Waals surface area contributed by atoms with Gasteiger partial charge < -0.3 is 14.5 Å². The van der Waals surface area contributed by atoms with E-state index in [1.807, 2.05) is 53.9 Å². The molecule has 0 radical (unpaired) electrons. The molecule has 0 aliphatic carbocycles.